The lowest BCUT2D eigenvalue weighted by Crippen LogP contribution is -2.39. The van der Waals surface area contributed by atoms with Gasteiger partial charge in [-0.3, -0.25) is 0 Å². The lowest BCUT2D eigenvalue weighted by atomic mass is 9.96. The van der Waals surface area contributed by atoms with Gasteiger partial charge in [-0.2, -0.15) is 0 Å². The van der Waals surface area contributed by atoms with Crippen LogP contribution in [0.1, 0.15) is 22.8 Å². The van der Waals surface area contributed by atoms with E-state index in [0.29, 0.717) is 13.2 Å². The fourth-order valence-corrected chi connectivity index (χ4v) is 3.79. The summed E-state index contributed by atoms with van der Waals surface area (Å²) < 4.78 is 11.5. The first-order valence-corrected chi connectivity index (χ1v) is 8.88. The van der Waals surface area contributed by atoms with Gasteiger partial charge in [0.05, 0.1) is 31.1 Å². The number of imidazole rings is 1. The highest BCUT2D eigenvalue weighted by Gasteiger charge is 2.22. The smallest absolute Gasteiger partial charge is 0.123 e. The predicted octanol–water partition coefficient (Wildman–Crippen LogP) is 2.73. The van der Waals surface area contributed by atoms with Crippen molar-refractivity contribution in [2.75, 3.05) is 13.2 Å². The average Bonchev–Trinajstić information content (AvgIpc) is 3.09. The summed E-state index contributed by atoms with van der Waals surface area (Å²) in [6, 6.07) is 13.0. The van der Waals surface area contributed by atoms with E-state index in [-0.39, 0.29) is 6.04 Å². The number of aromatic amines is 1. The quantitative estimate of drug-likeness (QED) is 0.773. The summed E-state index contributed by atoms with van der Waals surface area (Å²) in [5.74, 6) is 2.00. The molecule has 5 nitrogen and oxygen atoms in total. The van der Waals surface area contributed by atoms with E-state index in [1.54, 1.807) is 0 Å². The molecule has 128 valence electrons. The Labute approximate surface area is 146 Å². The molecule has 0 radical (unpaired) electrons. The minimum atomic E-state index is 0.289. The molecule has 2 N–H and O–H groups in total. The van der Waals surface area contributed by atoms with Crippen molar-refractivity contribution in [3.8, 4) is 5.75 Å². The fraction of sp³-hybridized carbons (Fsp3) is 0.350. The SMILES string of the molecule is c1ccc2c3c(ccc2c1)OCC(NCc1nc2c([nH]1)COCC2)C3. The second kappa shape index (κ2) is 6.17. The van der Waals surface area contributed by atoms with Crippen LogP contribution in [0.15, 0.2) is 36.4 Å². The molecule has 1 atom stereocenters. The topological polar surface area (TPSA) is 59.2 Å². The number of aromatic nitrogens is 2. The summed E-state index contributed by atoms with van der Waals surface area (Å²) in [4.78, 5) is 8.07. The first-order valence-electron chi connectivity index (χ1n) is 8.88. The van der Waals surface area contributed by atoms with E-state index < -0.39 is 0 Å². The number of hydrogen-bond donors (Lipinski definition) is 2. The zero-order valence-electron chi connectivity index (χ0n) is 14.0. The van der Waals surface area contributed by atoms with Gasteiger partial charge >= 0.3 is 0 Å². The number of benzene rings is 2. The number of nitrogens with zero attached hydrogens (tertiary/aromatic N) is 1. The molecule has 0 amide bonds. The highest BCUT2D eigenvalue weighted by Crippen LogP contribution is 2.32. The van der Waals surface area contributed by atoms with Gasteiger partial charge in [-0.25, -0.2) is 4.98 Å². The van der Waals surface area contributed by atoms with E-state index in [1.807, 2.05) is 0 Å². The maximum absolute atomic E-state index is 6.00. The van der Waals surface area contributed by atoms with E-state index in [1.165, 1.54) is 16.3 Å². The Morgan fingerprint density at radius 1 is 1.20 bits per heavy atom. The summed E-state index contributed by atoms with van der Waals surface area (Å²) in [5.41, 5.74) is 3.58. The Kier molecular flexibility index (Phi) is 3.68. The lowest BCUT2D eigenvalue weighted by molar-refractivity contribution is 0.107. The van der Waals surface area contributed by atoms with Crippen LogP contribution in [-0.2, 0) is 30.7 Å². The maximum atomic E-state index is 6.00. The van der Waals surface area contributed by atoms with Gasteiger partial charge in [0.1, 0.15) is 18.2 Å². The molecule has 0 bridgehead atoms. The molecule has 1 aromatic heterocycles. The van der Waals surface area contributed by atoms with Crippen LogP contribution < -0.4 is 10.1 Å². The predicted molar refractivity (Wildman–Crippen MR) is 95.7 cm³/mol. The zero-order valence-corrected chi connectivity index (χ0v) is 14.0. The van der Waals surface area contributed by atoms with E-state index in [2.05, 4.69) is 46.7 Å². The Morgan fingerprint density at radius 3 is 3.12 bits per heavy atom. The molecule has 25 heavy (non-hydrogen) atoms. The fourth-order valence-electron chi connectivity index (χ4n) is 3.79. The molecule has 2 aliphatic rings. The molecule has 3 aromatic rings. The van der Waals surface area contributed by atoms with E-state index in [0.717, 1.165) is 49.0 Å². The molecule has 2 aromatic carbocycles. The van der Waals surface area contributed by atoms with Crippen molar-refractivity contribution < 1.29 is 9.47 Å². The monoisotopic (exact) mass is 335 g/mol. The van der Waals surface area contributed by atoms with Crippen LogP contribution in [0.5, 0.6) is 5.75 Å². The molecule has 5 rings (SSSR count). The third-order valence-corrected chi connectivity index (χ3v) is 5.09. The van der Waals surface area contributed by atoms with Gasteiger partial charge in [0.25, 0.3) is 0 Å². The lowest BCUT2D eigenvalue weighted by Gasteiger charge is -2.27. The Hall–Kier alpha value is -2.37. The number of rotatable bonds is 3. The Bertz CT molecular complexity index is 895. The van der Waals surface area contributed by atoms with Crippen molar-refractivity contribution in [1.29, 1.82) is 0 Å². The standard InChI is InChI=1S/C20H21N3O2/c1-2-4-15-13(3-1)5-6-19-16(15)9-14(11-25-19)21-10-20-22-17-7-8-24-12-18(17)23-20/h1-6,14,21H,7-12H2,(H,22,23). The van der Waals surface area contributed by atoms with Gasteiger partial charge in [-0.15, -0.1) is 0 Å². The van der Waals surface area contributed by atoms with Crippen LogP contribution in [0, 0.1) is 0 Å². The molecule has 3 heterocycles. The summed E-state index contributed by atoms with van der Waals surface area (Å²) in [6.45, 7) is 2.83. The third-order valence-electron chi connectivity index (χ3n) is 5.09. The van der Waals surface area contributed by atoms with Crippen molar-refractivity contribution in [2.45, 2.75) is 32.0 Å². The van der Waals surface area contributed by atoms with Gasteiger partial charge in [-0.05, 0) is 23.3 Å². The summed E-state index contributed by atoms with van der Waals surface area (Å²) in [6.07, 6.45) is 1.87. The van der Waals surface area contributed by atoms with Crippen LogP contribution in [-0.4, -0.2) is 29.2 Å². The van der Waals surface area contributed by atoms with E-state index >= 15 is 0 Å². The summed E-state index contributed by atoms with van der Waals surface area (Å²) in [5, 5.41) is 6.15. The molecule has 2 aliphatic heterocycles. The van der Waals surface area contributed by atoms with Gasteiger partial charge < -0.3 is 19.8 Å². The van der Waals surface area contributed by atoms with Crippen LogP contribution in [0.2, 0.25) is 0 Å². The number of nitrogens with one attached hydrogen (secondary N) is 2. The molecule has 0 fully saturated rings. The van der Waals surface area contributed by atoms with E-state index in [4.69, 9.17) is 14.5 Å². The highest BCUT2D eigenvalue weighted by molar-refractivity contribution is 5.88. The van der Waals surface area contributed by atoms with Gasteiger partial charge in [0.2, 0.25) is 0 Å². The first kappa shape index (κ1) is 14.9. The van der Waals surface area contributed by atoms with Crippen molar-refractivity contribution in [1.82, 2.24) is 15.3 Å². The van der Waals surface area contributed by atoms with Crippen molar-refractivity contribution in [3.63, 3.8) is 0 Å². The molecular formula is C20H21N3O2. The molecular weight excluding hydrogens is 314 g/mol. The first-order chi connectivity index (χ1) is 12.4. The number of hydrogen-bond acceptors (Lipinski definition) is 4. The van der Waals surface area contributed by atoms with Gasteiger partial charge in [0, 0.05) is 18.0 Å². The molecule has 1 unspecified atom stereocenters. The number of ether oxygens (including phenoxy) is 2. The van der Waals surface area contributed by atoms with Crippen LogP contribution in [0.3, 0.4) is 0 Å². The largest absolute Gasteiger partial charge is 0.492 e. The second-order valence-electron chi connectivity index (χ2n) is 6.77. The molecule has 0 saturated heterocycles. The zero-order chi connectivity index (χ0) is 16.6. The van der Waals surface area contributed by atoms with E-state index in [9.17, 15) is 0 Å². The Morgan fingerprint density at radius 2 is 2.16 bits per heavy atom. The molecule has 5 heteroatoms. The number of fused-ring (bicyclic) bond motifs is 4. The molecule has 0 aliphatic carbocycles. The number of H-pyrrole nitrogens is 1. The third kappa shape index (κ3) is 2.79. The minimum absolute atomic E-state index is 0.289. The molecule has 0 spiro atoms. The minimum Gasteiger partial charge on any atom is -0.492 e. The van der Waals surface area contributed by atoms with Crippen LogP contribution >= 0.6 is 0 Å². The van der Waals surface area contributed by atoms with Crippen LogP contribution in [0.25, 0.3) is 10.8 Å². The van der Waals surface area contributed by atoms with Gasteiger partial charge in [0.15, 0.2) is 0 Å². The van der Waals surface area contributed by atoms with Crippen molar-refractivity contribution >= 4 is 10.8 Å². The normalized spacial score (nSPS) is 19.3. The summed E-state index contributed by atoms with van der Waals surface area (Å²) in [7, 11) is 0. The highest BCUT2D eigenvalue weighted by atomic mass is 16.5. The summed E-state index contributed by atoms with van der Waals surface area (Å²) >= 11 is 0. The average molecular weight is 335 g/mol. The van der Waals surface area contributed by atoms with Gasteiger partial charge in [-0.1, -0.05) is 30.3 Å². The molecule has 0 saturated carbocycles. The second-order valence-corrected chi connectivity index (χ2v) is 6.77. The van der Waals surface area contributed by atoms with Crippen molar-refractivity contribution in [2.24, 2.45) is 0 Å². The van der Waals surface area contributed by atoms with Crippen molar-refractivity contribution in [3.05, 3.63) is 59.2 Å². The maximum Gasteiger partial charge on any atom is 0.123 e. The Balaban J connectivity index is 1.32. The van der Waals surface area contributed by atoms with Crippen LogP contribution in [0.4, 0.5) is 0 Å².